The van der Waals surface area contributed by atoms with Crippen LogP contribution in [0.2, 0.25) is 0 Å². The second-order valence-corrected chi connectivity index (χ2v) is 6.23. The summed E-state index contributed by atoms with van der Waals surface area (Å²) in [6.07, 6.45) is 1.82. The molecule has 0 saturated heterocycles. The highest BCUT2D eigenvalue weighted by Crippen LogP contribution is 2.29. The van der Waals surface area contributed by atoms with Crippen molar-refractivity contribution in [2.75, 3.05) is 6.61 Å². The smallest absolute Gasteiger partial charge is 0.241 e. The summed E-state index contributed by atoms with van der Waals surface area (Å²) < 4.78 is 41.3. The largest absolute Gasteiger partial charge is 0.488 e. The SMILES string of the molecule is CC(C)=CCOc1cc(F)c(S(N)(=O)=O)cc1Br. The topological polar surface area (TPSA) is 69.4 Å². The maximum atomic E-state index is 13.5. The minimum atomic E-state index is -4.08. The van der Waals surface area contributed by atoms with Gasteiger partial charge in [0.15, 0.2) is 0 Å². The standard InChI is InChI=1S/C11H13BrFNO3S/c1-7(2)3-4-17-10-6-9(13)11(5-8(10)12)18(14,15)16/h3,5-6H,4H2,1-2H3,(H2,14,15,16). The third-order valence-electron chi connectivity index (χ3n) is 2.02. The van der Waals surface area contributed by atoms with Gasteiger partial charge in [0.25, 0.3) is 0 Å². The van der Waals surface area contributed by atoms with Crippen LogP contribution in [0.15, 0.2) is 33.2 Å². The summed E-state index contributed by atoms with van der Waals surface area (Å²) in [6.45, 7) is 4.08. The number of hydrogen-bond donors (Lipinski definition) is 1. The molecule has 0 amide bonds. The van der Waals surface area contributed by atoms with E-state index in [4.69, 9.17) is 9.88 Å². The zero-order valence-electron chi connectivity index (χ0n) is 9.91. The molecule has 2 N–H and O–H groups in total. The molecule has 0 radical (unpaired) electrons. The van der Waals surface area contributed by atoms with Gasteiger partial charge in [0.05, 0.1) is 4.47 Å². The van der Waals surface area contributed by atoms with Gasteiger partial charge >= 0.3 is 0 Å². The monoisotopic (exact) mass is 337 g/mol. The highest BCUT2D eigenvalue weighted by atomic mass is 79.9. The van der Waals surface area contributed by atoms with Crippen LogP contribution >= 0.6 is 15.9 Å². The van der Waals surface area contributed by atoms with Crippen molar-refractivity contribution >= 4 is 26.0 Å². The van der Waals surface area contributed by atoms with Crippen molar-refractivity contribution in [2.45, 2.75) is 18.7 Å². The molecule has 1 rings (SSSR count). The predicted molar refractivity (Wildman–Crippen MR) is 70.4 cm³/mol. The molecule has 0 aliphatic rings. The molecule has 0 fully saturated rings. The van der Waals surface area contributed by atoms with E-state index in [1.165, 1.54) is 0 Å². The molecule has 0 aromatic heterocycles. The summed E-state index contributed by atoms with van der Waals surface area (Å²) in [5, 5.41) is 4.88. The van der Waals surface area contributed by atoms with E-state index in [1.807, 2.05) is 19.9 Å². The van der Waals surface area contributed by atoms with E-state index < -0.39 is 20.7 Å². The molecular formula is C11H13BrFNO3S. The third-order valence-corrected chi connectivity index (χ3v) is 3.57. The Labute approximate surface area is 114 Å². The van der Waals surface area contributed by atoms with Crippen LogP contribution in [0.4, 0.5) is 4.39 Å². The number of rotatable bonds is 4. The minimum absolute atomic E-state index is 0.220. The maximum Gasteiger partial charge on any atom is 0.241 e. The lowest BCUT2D eigenvalue weighted by Crippen LogP contribution is -2.14. The fraction of sp³-hybridized carbons (Fsp3) is 0.273. The molecule has 1 aromatic rings. The average Bonchev–Trinajstić information content (AvgIpc) is 2.20. The number of ether oxygens (including phenoxy) is 1. The highest BCUT2D eigenvalue weighted by Gasteiger charge is 2.17. The maximum absolute atomic E-state index is 13.5. The minimum Gasteiger partial charge on any atom is -0.488 e. The summed E-state index contributed by atoms with van der Waals surface area (Å²) >= 11 is 3.11. The molecule has 4 nitrogen and oxygen atoms in total. The van der Waals surface area contributed by atoms with Gasteiger partial charge in [-0.2, -0.15) is 0 Å². The normalized spacial score (nSPS) is 11.2. The van der Waals surface area contributed by atoms with Crippen LogP contribution in [0.5, 0.6) is 5.75 Å². The van der Waals surface area contributed by atoms with Crippen molar-refractivity contribution in [1.29, 1.82) is 0 Å². The van der Waals surface area contributed by atoms with Gasteiger partial charge in [-0.3, -0.25) is 0 Å². The molecule has 100 valence electrons. The lowest BCUT2D eigenvalue weighted by Gasteiger charge is -2.08. The number of halogens is 2. The summed E-state index contributed by atoms with van der Waals surface area (Å²) in [4.78, 5) is -0.566. The van der Waals surface area contributed by atoms with Crippen LogP contribution in [-0.2, 0) is 10.0 Å². The Hall–Kier alpha value is -0.920. The zero-order valence-corrected chi connectivity index (χ0v) is 12.3. The van der Waals surface area contributed by atoms with Crippen LogP contribution in [0.25, 0.3) is 0 Å². The zero-order chi connectivity index (χ0) is 13.9. The number of hydrogen-bond acceptors (Lipinski definition) is 3. The van der Waals surface area contributed by atoms with Gasteiger partial charge < -0.3 is 4.74 Å². The van der Waals surface area contributed by atoms with E-state index in [9.17, 15) is 12.8 Å². The molecule has 0 atom stereocenters. The molecule has 0 aliphatic heterocycles. The predicted octanol–water partition coefficient (Wildman–Crippen LogP) is 2.58. The summed E-state index contributed by atoms with van der Waals surface area (Å²) in [5.41, 5.74) is 1.06. The molecule has 18 heavy (non-hydrogen) atoms. The Morgan fingerprint density at radius 1 is 1.50 bits per heavy atom. The van der Waals surface area contributed by atoms with Crippen LogP contribution in [0.1, 0.15) is 13.8 Å². The number of nitrogens with two attached hydrogens (primary N) is 1. The lowest BCUT2D eigenvalue weighted by molar-refractivity contribution is 0.356. The molecule has 0 bridgehead atoms. The average molecular weight is 338 g/mol. The fourth-order valence-corrected chi connectivity index (χ4v) is 2.36. The molecule has 0 heterocycles. The fourth-order valence-electron chi connectivity index (χ4n) is 1.14. The molecule has 0 spiro atoms. The number of allylic oxidation sites excluding steroid dienone is 1. The molecular weight excluding hydrogens is 325 g/mol. The van der Waals surface area contributed by atoms with E-state index in [2.05, 4.69) is 15.9 Å². The number of sulfonamides is 1. The van der Waals surface area contributed by atoms with E-state index in [1.54, 1.807) is 0 Å². The second kappa shape index (κ2) is 5.81. The molecule has 0 aliphatic carbocycles. The van der Waals surface area contributed by atoms with Gasteiger partial charge in [0, 0.05) is 6.07 Å². The van der Waals surface area contributed by atoms with Gasteiger partial charge in [-0.25, -0.2) is 17.9 Å². The Morgan fingerprint density at radius 3 is 2.61 bits per heavy atom. The van der Waals surface area contributed by atoms with Gasteiger partial charge in [0.2, 0.25) is 10.0 Å². The first-order valence-corrected chi connectivity index (χ1v) is 7.33. The molecule has 0 unspecified atom stereocenters. The second-order valence-electron chi connectivity index (χ2n) is 3.85. The number of primary sulfonamides is 1. The first-order valence-electron chi connectivity index (χ1n) is 5.00. The van der Waals surface area contributed by atoms with Crippen molar-refractivity contribution in [3.05, 3.63) is 34.1 Å². The summed E-state index contributed by atoms with van der Waals surface area (Å²) in [7, 11) is -4.08. The van der Waals surface area contributed by atoms with E-state index in [0.29, 0.717) is 4.47 Å². The van der Waals surface area contributed by atoms with Gasteiger partial charge in [-0.05, 0) is 41.9 Å². The van der Waals surface area contributed by atoms with E-state index >= 15 is 0 Å². The molecule has 0 saturated carbocycles. The summed E-state index contributed by atoms with van der Waals surface area (Å²) in [6, 6.07) is 2.07. The van der Waals surface area contributed by atoms with Crippen molar-refractivity contribution in [2.24, 2.45) is 5.14 Å². The first kappa shape index (κ1) is 15.1. The van der Waals surface area contributed by atoms with Crippen molar-refractivity contribution in [3.8, 4) is 5.75 Å². The first-order chi connectivity index (χ1) is 8.21. The molecule has 7 heteroatoms. The van der Waals surface area contributed by atoms with Crippen LogP contribution in [-0.4, -0.2) is 15.0 Å². The lowest BCUT2D eigenvalue weighted by atomic mass is 10.3. The van der Waals surface area contributed by atoms with Crippen molar-refractivity contribution < 1.29 is 17.5 Å². The van der Waals surface area contributed by atoms with Gasteiger partial charge in [-0.1, -0.05) is 5.57 Å². The van der Waals surface area contributed by atoms with Crippen LogP contribution < -0.4 is 9.88 Å². The quantitative estimate of drug-likeness (QED) is 0.858. The van der Waals surface area contributed by atoms with Crippen LogP contribution in [0, 0.1) is 5.82 Å². The summed E-state index contributed by atoms with van der Waals surface area (Å²) in [5.74, 6) is -0.717. The van der Waals surface area contributed by atoms with Crippen molar-refractivity contribution in [3.63, 3.8) is 0 Å². The van der Waals surface area contributed by atoms with Gasteiger partial charge in [-0.15, -0.1) is 0 Å². The third kappa shape index (κ3) is 4.08. The van der Waals surface area contributed by atoms with Crippen LogP contribution in [0.3, 0.4) is 0 Å². The Kier molecular flexibility index (Phi) is 4.89. The van der Waals surface area contributed by atoms with E-state index in [0.717, 1.165) is 17.7 Å². The Morgan fingerprint density at radius 2 is 2.11 bits per heavy atom. The highest BCUT2D eigenvalue weighted by molar-refractivity contribution is 9.10. The van der Waals surface area contributed by atoms with Crippen molar-refractivity contribution in [1.82, 2.24) is 0 Å². The van der Waals surface area contributed by atoms with Gasteiger partial charge in [0.1, 0.15) is 23.1 Å². The Bertz CT molecular complexity index is 580. The van der Waals surface area contributed by atoms with E-state index in [-0.39, 0.29) is 12.4 Å². The number of benzene rings is 1. The Balaban J connectivity index is 3.05. The molecule has 1 aromatic carbocycles.